The zero-order valence-electron chi connectivity index (χ0n) is 23.6. The Balaban J connectivity index is 1.61. The molecule has 0 bridgehead atoms. The molecule has 2 saturated heterocycles. The third-order valence-corrected chi connectivity index (χ3v) is 8.63. The zero-order valence-corrected chi connectivity index (χ0v) is 25.1. The molecule has 6 nitrogen and oxygen atoms in total. The Morgan fingerprint density at radius 1 is 0.902 bits per heavy atom. The highest BCUT2D eigenvalue weighted by Crippen LogP contribution is 2.52. The fourth-order valence-electron chi connectivity index (χ4n) is 6.14. The number of methoxy groups -OCH3 is 1. The lowest BCUT2D eigenvalue weighted by molar-refractivity contribution is -0.271. The number of piperidine rings is 2. The number of carbonyl (C=O) groups is 2. The number of amides is 2. The van der Waals surface area contributed by atoms with Crippen molar-refractivity contribution in [1.82, 2.24) is 9.80 Å². The Labute approximate surface area is 248 Å². The molecule has 2 heterocycles. The van der Waals surface area contributed by atoms with E-state index in [2.05, 4.69) is 0 Å². The molecular formula is C30H35Cl2F3N2O4. The molecule has 224 valence electrons. The van der Waals surface area contributed by atoms with E-state index in [-0.39, 0.29) is 34.5 Å². The first-order valence-corrected chi connectivity index (χ1v) is 14.3. The largest absolute Gasteiger partial charge is 0.444 e. The van der Waals surface area contributed by atoms with Crippen LogP contribution in [0.2, 0.25) is 10.0 Å². The molecule has 2 aromatic rings. The van der Waals surface area contributed by atoms with Gasteiger partial charge >= 0.3 is 12.3 Å². The molecular weight excluding hydrogens is 580 g/mol. The van der Waals surface area contributed by atoms with Gasteiger partial charge in [0.1, 0.15) is 5.60 Å². The molecule has 11 heteroatoms. The topological polar surface area (TPSA) is 59.1 Å². The molecule has 2 aliphatic rings. The van der Waals surface area contributed by atoms with Crippen molar-refractivity contribution in [3.8, 4) is 0 Å². The van der Waals surface area contributed by atoms with Gasteiger partial charge in [-0.1, -0.05) is 53.5 Å². The quantitative estimate of drug-likeness (QED) is 0.359. The molecule has 4 rings (SSSR count). The molecule has 0 N–H and O–H groups in total. The van der Waals surface area contributed by atoms with Gasteiger partial charge in [-0.2, -0.15) is 13.2 Å². The van der Waals surface area contributed by atoms with E-state index in [0.717, 1.165) is 24.8 Å². The summed E-state index contributed by atoms with van der Waals surface area (Å²) in [6.45, 7) is 6.52. The second-order valence-electron chi connectivity index (χ2n) is 11.8. The average molecular weight is 616 g/mol. The normalized spacial score (nSPS) is 21.0. The van der Waals surface area contributed by atoms with Crippen LogP contribution in [0.15, 0.2) is 48.5 Å². The minimum atomic E-state index is -5.08. The van der Waals surface area contributed by atoms with E-state index in [0.29, 0.717) is 32.4 Å². The van der Waals surface area contributed by atoms with Crippen LogP contribution in [0.5, 0.6) is 0 Å². The molecule has 2 aromatic carbocycles. The van der Waals surface area contributed by atoms with Crippen LogP contribution in [0.25, 0.3) is 0 Å². The third kappa shape index (κ3) is 6.32. The van der Waals surface area contributed by atoms with Crippen LogP contribution in [-0.2, 0) is 19.9 Å². The smallest absolute Gasteiger partial charge is 0.430 e. The van der Waals surface area contributed by atoms with Crippen molar-refractivity contribution in [3.05, 3.63) is 69.7 Å². The number of carbonyl (C=O) groups excluding carboxylic acids is 2. The van der Waals surface area contributed by atoms with Crippen molar-refractivity contribution in [2.75, 3.05) is 33.3 Å². The second-order valence-corrected chi connectivity index (χ2v) is 12.7. The summed E-state index contributed by atoms with van der Waals surface area (Å²) in [6.07, 6.45) is -3.90. The van der Waals surface area contributed by atoms with Crippen molar-refractivity contribution in [2.45, 2.75) is 63.3 Å². The molecule has 2 amide bonds. The van der Waals surface area contributed by atoms with Crippen molar-refractivity contribution < 1.29 is 32.2 Å². The lowest BCUT2D eigenvalue weighted by atomic mass is 9.62. The molecule has 2 atom stereocenters. The molecule has 0 aliphatic carbocycles. The van der Waals surface area contributed by atoms with Crippen LogP contribution < -0.4 is 0 Å². The minimum absolute atomic E-state index is 0.0361. The Kier molecular flexibility index (Phi) is 8.94. The van der Waals surface area contributed by atoms with Crippen molar-refractivity contribution in [1.29, 1.82) is 0 Å². The Hall–Kier alpha value is -2.49. The summed E-state index contributed by atoms with van der Waals surface area (Å²) in [7, 11) is 0.865. The summed E-state index contributed by atoms with van der Waals surface area (Å²) in [4.78, 5) is 29.6. The minimum Gasteiger partial charge on any atom is -0.444 e. The second kappa shape index (κ2) is 11.7. The molecule has 0 saturated carbocycles. The van der Waals surface area contributed by atoms with Gasteiger partial charge in [-0.25, -0.2) is 4.79 Å². The predicted octanol–water partition coefficient (Wildman–Crippen LogP) is 7.43. The number of rotatable bonds is 4. The van der Waals surface area contributed by atoms with Crippen LogP contribution in [-0.4, -0.2) is 66.9 Å². The highest BCUT2D eigenvalue weighted by atomic mass is 35.5. The Morgan fingerprint density at radius 2 is 1.44 bits per heavy atom. The molecule has 0 radical (unpaired) electrons. The van der Waals surface area contributed by atoms with Crippen molar-refractivity contribution >= 4 is 35.2 Å². The number of hydrogen-bond acceptors (Lipinski definition) is 4. The number of benzene rings is 2. The lowest BCUT2D eigenvalue weighted by Gasteiger charge is -2.52. The number of hydrogen-bond donors (Lipinski definition) is 0. The number of nitrogens with zero attached hydrogens (tertiary/aromatic N) is 2. The Bertz CT molecular complexity index is 1240. The predicted molar refractivity (Wildman–Crippen MR) is 151 cm³/mol. The summed E-state index contributed by atoms with van der Waals surface area (Å²) in [5, 5.41) is -0.0722. The fourth-order valence-corrected chi connectivity index (χ4v) is 6.66. The summed E-state index contributed by atoms with van der Waals surface area (Å²) in [5.41, 5.74) is -3.65. The third-order valence-electron chi connectivity index (χ3n) is 8.20. The summed E-state index contributed by atoms with van der Waals surface area (Å²) >= 11 is 12.1. The molecule has 2 unspecified atom stereocenters. The average Bonchev–Trinajstić information content (AvgIpc) is 2.88. The molecule has 1 spiro atoms. The molecule has 2 fully saturated rings. The molecule has 0 aromatic heterocycles. The lowest BCUT2D eigenvalue weighted by Crippen LogP contribution is -2.60. The van der Waals surface area contributed by atoms with Gasteiger partial charge in [-0.15, -0.1) is 0 Å². The van der Waals surface area contributed by atoms with Gasteiger partial charge in [-0.05, 0) is 69.2 Å². The maximum absolute atomic E-state index is 14.7. The summed E-state index contributed by atoms with van der Waals surface area (Å²) in [5.74, 6) is -1.29. The standard InChI is InChI=1S/C30H35Cl2F3N2O4/c1-27(2,3)41-26(39)37-15-12-28(24(19-37)20-8-6-5-7-9-20)10-13-36(14-11-28)25(38)29(40-4,30(33,34)35)21-16-22(31)18-23(32)17-21/h5-9,16-18,24H,10-15,19H2,1-4H3. The van der Waals surface area contributed by atoms with Gasteiger partial charge in [0.05, 0.1) is 0 Å². The number of ether oxygens (including phenoxy) is 2. The van der Waals surface area contributed by atoms with E-state index in [9.17, 15) is 22.8 Å². The van der Waals surface area contributed by atoms with Gasteiger partial charge in [0, 0.05) is 54.8 Å². The maximum atomic E-state index is 14.7. The number of likely N-dealkylation sites (tertiary alicyclic amines) is 2. The van der Waals surface area contributed by atoms with E-state index >= 15 is 0 Å². The first kappa shape index (κ1) is 31.4. The van der Waals surface area contributed by atoms with E-state index in [1.165, 1.54) is 11.0 Å². The fraction of sp³-hybridized carbons (Fsp3) is 0.533. The van der Waals surface area contributed by atoms with Gasteiger partial charge < -0.3 is 19.3 Å². The van der Waals surface area contributed by atoms with Crippen LogP contribution in [0, 0.1) is 5.41 Å². The van der Waals surface area contributed by atoms with Crippen LogP contribution in [0.4, 0.5) is 18.0 Å². The maximum Gasteiger partial charge on any atom is 0.430 e. The van der Waals surface area contributed by atoms with E-state index in [1.807, 2.05) is 51.1 Å². The monoisotopic (exact) mass is 614 g/mol. The van der Waals surface area contributed by atoms with Crippen LogP contribution in [0.1, 0.15) is 57.1 Å². The number of alkyl halides is 3. The van der Waals surface area contributed by atoms with Gasteiger partial charge in [0.15, 0.2) is 0 Å². The zero-order chi connectivity index (χ0) is 30.2. The summed E-state index contributed by atoms with van der Waals surface area (Å²) in [6, 6.07) is 13.2. The number of halogens is 5. The first-order valence-electron chi connectivity index (χ1n) is 13.5. The molecule has 41 heavy (non-hydrogen) atoms. The van der Waals surface area contributed by atoms with Gasteiger partial charge in [-0.3, -0.25) is 4.79 Å². The Morgan fingerprint density at radius 3 is 1.93 bits per heavy atom. The van der Waals surface area contributed by atoms with E-state index in [1.54, 1.807) is 4.90 Å². The van der Waals surface area contributed by atoms with E-state index < -0.39 is 34.9 Å². The highest BCUT2D eigenvalue weighted by molar-refractivity contribution is 6.34. The van der Waals surface area contributed by atoms with Crippen LogP contribution in [0.3, 0.4) is 0 Å². The van der Waals surface area contributed by atoms with Crippen molar-refractivity contribution in [3.63, 3.8) is 0 Å². The first-order chi connectivity index (χ1) is 19.1. The SMILES string of the molecule is COC(C(=O)N1CCC2(CCN(C(=O)OC(C)(C)C)CC2c2ccccc2)CC1)(c1cc(Cl)cc(Cl)c1)C(F)(F)F. The molecule has 2 aliphatic heterocycles. The van der Waals surface area contributed by atoms with Gasteiger partial charge in [0.25, 0.3) is 11.5 Å². The van der Waals surface area contributed by atoms with Crippen LogP contribution >= 0.6 is 23.2 Å². The van der Waals surface area contributed by atoms with E-state index in [4.69, 9.17) is 32.7 Å². The van der Waals surface area contributed by atoms with Crippen molar-refractivity contribution in [2.24, 2.45) is 5.41 Å². The summed E-state index contributed by atoms with van der Waals surface area (Å²) < 4.78 is 54.7. The van der Waals surface area contributed by atoms with Gasteiger partial charge in [0.2, 0.25) is 0 Å². The highest BCUT2D eigenvalue weighted by Gasteiger charge is 2.64.